The molecule has 1 aliphatic heterocycles. The summed E-state index contributed by atoms with van der Waals surface area (Å²) in [5.41, 5.74) is 6.99. The summed E-state index contributed by atoms with van der Waals surface area (Å²) in [5, 5.41) is 0. The first-order valence-electron chi connectivity index (χ1n) is 7.80. The van der Waals surface area contributed by atoms with E-state index in [9.17, 15) is 4.79 Å². The number of hydrogen-bond donors (Lipinski definition) is 1. The minimum atomic E-state index is 0.220. The van der Waals surface area contributed by atoms with Crippen molar-refractivity contribution in [3.63, 3.8) is 0 Å². The lowest BCUT2D eigenvalue weighted by molar-refractivity contribution is -0.137. The molecule has 1 amide bonds. The second-order valence-corrected chi connectivity index (χ2v) is 5.82. The fourth-order valence-electron chi connectivity index (χ4n) is 3.14. The van der Waals surface area contributed by atoms with Crippen LogP contribution in [0.1, 0.15) is 38.2 Å². The number of benzene rings is 1. The molecule has 2 N–H and O–H groups in total. The second-order valence-electron chi connectivity index (χ2n) is 5.82. The molecule has 1 fully saturated rings. The van der Waals surface area contributed by atoms with Gasteiger partial charge in [0.25, 0.3) is 0 Å². The Morgan fingerprint density at radius 2 is 2.05 bits per heavy atom. The smallest absolute Gasteiger partial charge is 0.223 e. The molecule has 0 saturated carbocycles. The van der Waals surface area contributed by atoms with Crippen LogP contribution >= 0.6 is 0 Å². The molecule has 0 bridgehead atoms. The zero-order valence-corrected chi connectivity index (χ0v) is 13.0. The molecule has 1 aliphatic rings. The fourth-order valence-corrected chi connectivity index (χ4v) is 3.14. The van der Waals surface area contributed by atoms with E-state index in [1.165, 1.54) is 6.42 Å². The lowest BCUT2D eigenvalue weighted by Crippen LogP contribution is -2.51. The van der Waals surface area contributed by atoms with E-state index < -0.39 is 0 Å². The number of hydrogen-bond acceptors (Lipinski definition) is 3. The third-order valence-corrected chi connectivity index (χ3v) is 4.37. The number of nitrogens with zero attached hydrogens (tertiary/aromatic N) is 1. The molecule has 21 heavy (non-hydrogen) atoms. The maximum absolute atomic E-state index is 12.5. The van der Waals surface area contributed by atoms with E-state index in [0.29, 0.717) is 19.0 Å². The fraction of sp³-hybridized carbons (Fsp3) is 0.588. The van der Waals surface area contributed by atoms with Gasteiger partial charge in [-0.1, -0.05) is 12.1 Å². The second kappa shape index (κ2) is 7.46. The molecule has 1 aromatic rings. The third kappa shape index (κ3) is 3.97. The van der Waals surface area contributed by atoms with E-state index in [2.05, 4.69) is 6.92 Å². The molecule has 1 heterocycles. The highest BCUT2D eigenvalue weighted by Gasteiger charge is 2.30. The van der Waals surface area contributed by atoms with Crippen molar-refractivity contribution in [2.24, 2.45) is 5.73 Å². The lowest BCUT2D eigenvalue weighted by Gasteiger charge is -2.40. The van der Waals surface area contributed by atoms with Crippen molar-refractivity contribution < 1.29 is 9.53 Å². The highest BCUT2D eigenvalue weighted by atomic mass is 16.5. The number of amides is 1. The molecule has 2 rings (SSSR count). The maximum Gasteiger partial charge on any atom is 0.223 e. The van der Waals surface area contributed by atoms with Crippen LogP contribution in [0.2, 0.25) is 0 Å². The Bertz CT molecular complexity index is 458. The minimum absolute atomic E-state index is 0.220. The van der Waals surface area contributed by atoms with Gasteiger partial charge in [0.05, 0.1) is 7.11 Å². The van der Waals surface area contributed by atoms with Gasteiger partial charge in [-0.05, 0) is 50.3 Å². The van der Waals surface area contributed by atoms with Gasteiger partial charge in [-0.2, -0.15) is 0 Å². The topological polar surface area (TPSA) is 55.6 Å². The molecule has 1 aromatic carbocycles. The monoisotopic (exact) mass is 290 g/mol. The van der Waals surface area contributed by atoms with Crippen LogP contribution in [0.3, 0.4) is 0 Å². The normalized spacial score (nSPS) is 22.1. The van der Waals surface area contributed by atoms with E-state index in [1.807, 2.05) is 29.2 Å². The van der Waals surface area contributed by atoms with E-state index in [-0.39, 0.29) is 11.9 Å². The van der Waals surface area contributed by atoms with Crippen LogP contribution in [0.25, 0.3) is 0 Å². The molecule has 0 radical (unpaired) electrons. The van der Waals surface area contributed by atoms with Crippen molar-refractivity contribution in [1.82, 2.24) is 4.90 Å². The van der Waals surface area contributed by atoms with Gasteiger partial charge in [0.2, 0.25) is 5.91 Å². The number of nitrogens with two attached hydrogens (primary N) is 1. The number of carbonyl (C=O) groups is 1. The first kappa shape index (κ1) is 15.8. The molecule has 2 unspecified atom stereocenters. The maximum atomic E-state index is 12.5. The molecule has 0 aliphatic carbocycles. The summed E-state index contributed by atoms with van der Waals surface area (Å²) < 4.78 is 5.14. The zero-order chi connectivity index (χ0) is 15.2. The van der Waals surface area contributed by atoms with Gasteiger partial charge >= 0.3 is 0 Å². The Hall–Kier alpha value is -1.55. The van der Waals surface area contributed by atoms with Gasteiger partial charge in [0.15, 0.2) is 0 Å². The van der Waals surface area contributed by atoms with Crippen molar-refractivity contribution in [1.29, 1.82) is 0 Å². The summed E-state index contributed by atoms with van der Waals surface area (Å²) in [4.78, 5) is 14.5. The van der Waals surface area contributed by atoms with E-state index in [1.54, 1.807) is 7.11 Å². The van der Waals surface area contributed by atoms with Crippen LogP contribution in [0, 0.1) is 0 Å². The molecule has 1 saturated heterocycles. The van der Waals surface area contributed by atoms with E-state index in [4.69, 9.17) is 10.5 Å². The predicted molar refractivity (Wildman–Crippen MR) is 84.3 cm³/mol. The minimum Gasteiger partial charge on any atom is -0.497 e. The van der Waals surface area contributed by atoms with Crippen molar-refractivity contribution >= 4 is 5.91 Å². The van der Waals surface area contributed by atoms with Crippen LogP contribution in [0.15, 0.2) is 24.3 Å². The largest absolute Gasteiger partial charge is 0.497 e. The summed E-state index contributed by atoms with van der Waals surface area (Å²) in [6.07, 6.45) is 4.61. The van der Waals surface area contributed by atoms with Crippen LogP contribution in [0.4, 0.5) is 0 Å². The first-order chi connectivity index (χ1) is 10.2. The van der Waals surface area contributed by atoms with Gasteiger partial charge in [-0.15, -0.1) is 0 Å². The van der Waals surface area contributed by atoms with Gasteiger partial charge in [-0.25, -0.2) is 0 Å². The summed E-state index contributed by atoms with van der Waals surface area (Å²) in [6, 6.07) is 8.45. The molecular formula is C17H26N2O2. The van der Waals surface area contributed by atoms with Gasteiger partial charge in [0.1, 0.15) is 5.75 Å². The molecular weight excluding hydrogens is 264 g/mol. The summed E-state index contributed by atoms with van der Waals surface area (Å²) >= 11 is 0. The first-order valence-corrected chi connectivity index (χ1v) is 7.80. The number of carbonyl (C=O) groups excluding carboxylic acids is 1. The molecule has 0 aromatic heterocycles. The van der Waals surface area contributed by atoms with Gasteiger partial charge in [-0.3, -0.25) is 4.79 Å². The SMILES string of the molecule is COc1ccc(CCC(=O)N2C(C)CCCC2CN)cc1. The molecule has 2 atom stereocenters. The van der Waals surface area contributed by atoms with Crippen molar-refractivity contribution in [3.8, 4) is 5.75 Å². The van der Waals surface area contributed by atoms with Gasteiger partial charge in [0, 0.05) is 25.0 Å². The highest BCUT2D eigenvalue weighted by Crippen LogP contribution is 2.23. The standard InChI is InChI=1S/C17H26N2O2/c1-13-4-3-5-15(12-18)19(13)17(20)11-8-14-6-9-16(21-2)10-7-14/h6-7,9-10,13,15H,3-5,8,11-12,18H2,1-2H3. The van der Waals surface area contributed by atoms with Crippen molar-refractivity contribution in [3.05, 3.63) is 29.8 Å². The number of piperidine rings is 1. The number of likely N-dealkylation sites (tertiary alicyclic amines) is 1. The highest BCUT2D eigenvalue weighted by molar-refractivity contribution is 5.77. The van der Waals surface area contributed by atoms with Crippen molar-refractivity contribution in [2.75, 3.05) is 13.7 Å². The van der Waals surface area contributed by atoms with Crippen LogP contribution in [-0.4, -0.2) is 36.5 Å². The number of ether oxygens (including phenoxy) is 1. The summed E-state index contributed by atoms with van der Waals surface area (Å²) in [7, 11) is 1.66. The average Bonchev–Trinajstić information content (AvgIpc) is 2.52. The molecule has 4 nitrogen and oxygen atoms in total. The van der Waals surface area contributed by atoms with Crippen LogP contribution in [-0.2, 0) is 11.2 Å². The number of methoxy groups -OCH3 is 1. The Morgan fingerprint density at radius 1 is 1.33 bits per heavy atom. The average molecular weight is 290 g/mol. The summed E-state index contributed by atoms with van der Waals surface area (Å²) in [5.74, 6) is 1.08. The van der Waals surface area contributed by atoms with Crippen molar-refractivity contribution in [2.45, 2.75) is 51.1 Å². The molecule has 116 valence electrons. The molecule has 4 heteroatoms. The quantitative estimate of drug-likeness (QED) is 0.905. The number of aryl methyl sites for hydroxylation is 1. The van der Waals surface area contributed by atoms with E-state index >= 15 is 0 Å². The van der Waals surface area contributed by atoms with Crippen LogP contribution < -0.4 is 10.5 Å². The number of rotatable bonds is 5. The Kier molecular flexibility index (Phi) is 5.62. The lowest BCUT2D eigenvalue weighted by atomic mass is 9.95. The Balaban J connectivity index is 1.93. The van der Waals surface area contributed by atoms with Crippen LogP contribution in [0.5, 0.6) is 5.75 Å². The third-order valence-electron chi connectivity index (χ3n) is 4.37. The Labute approximate surface area is 127 Å². The summed E-state index contributed by atoms with van der Waals surface area (Å²) in [6.45, 7) is 2.70. The Morgan fingerprint density at radius 3 is 2.67 bits per heavy atom. The van der Waals surface area contributed by atoms with Gasteiger partial charge < -0.3 is 15.4 Å². The van der Waals surface area contributed by atoms with E-state index in [0.717, 1.165) is 30.6 Å². The predicted octanol–water partition coefficient (Wildman–Crippen LogP) is 2.36. The molecule has 0 spiro atoms. The zero-order valence-electron chi connectivity index (χ0n) is 13.0.